The number of likely N-dealkylation sites (tertiary alicyclic amines) is 1. The van der Waals surface area contributed by atoms with Crippen LogP contribution in [0, 0.1) is 17.7 Å². The molecule has 1 atom stereocenters. The van der Waals surface area contributed by atoms with E-state index >= 15 is 4.39 Å². The number of nitrogens with zero attached hydrogens (tertiary/aromatic N) is 7. The largest absolute Gasteiger partial charge is 0.491 e. The minimum Gasteiger partial charge on any atom is -0.491 e. The highest BCUT2D eigenvalue weighted by Crippen LogP contribution is 2.36. The number of nitrogens with one attached hydrogen (secondary N) is 2. The predicted octanol–water partition coefficient (Wildman–Crippen LogP) is 5.33. The third-order valence-electron chi connectivity index (χ3n) is 11.6. The number of fused-ring (bicyclic) bond motifs is 2. The molecule has 0 radical (unpaired) electrons. The summed E-state index contributed by atoms with van der Waals surface area (Å²) in [5.41, 5.74) is 3.54. The molecule has 280 valence electrons. The molecule has 2 aromatic carbocycles. The molecule has 2 N–H and O–H groups in total. The zero-order valence-electron chi connectivity index (χ0n) is 30.1. The van der Waals surface area contributed by atoms with Crippen LogP contribution in [0.3, 0.4) is 0 Å². The zero-order chi connectivity index (χ0) is 36.8. The Morgan fingerprint density at radius 1 is 0.981 bits per heavy atom. The van der Waals surface area contributed by atoms with Gasteiger partial charge in [0.2, 0.25) is 11.8 Å². The molecule has 0 bridgehead atoms. The summed E-state index contributed by atoms with van der Waals surface area (Å²) >= 11 is 0. The van der Waals surface area contributed by atoms with E-state index in [0.717, 1.165) is 87.8 Å². The molecule has 14 heteroatoms. The normalized spacial score (nSPS) is 20.5. The van der Waals surface area contributed by atoms with Crippen molar-refractivity contribution < 1.29 is 23.5 Å². The van der Waals surface area contributed by atoms with E-state index in [1.54, 1.807) is 35.1 Å². The molecular weight excluding hydrogens is 689 g/mol. The fraction of sp³-hybridized carbons (Fsp3) is 0.450. The van der Waals surface area contributed by atoms with Crippen LogP contribution in [0.15, 0.2) is 61.2 Å². The molecule has 1 aliphatic carbocycles. The van der Waals surface area contributed by atoms with Crippen LogP contribution < -0.4 is 20.3 Å². The van der Waals surface area contributed by atoms with Gasteiger partial charge in [-0.25, -0.2) is 13.9 Å². The highest BCUT2D eigenvalue weighted by atomic mass is 19.1. The van der Waals surface area contributed by atoms with Crippen LogP contribution in [-0.4, -0.2) is 86.3 Å². The number of rotatable bonds is 10. The van der Waals surface area contributed by atoms with Crippen molar-refractivity contribution in [3.8, 4) is 5.75 Å². The first kappa shape index (κ1) is 34.4. The van der Waals surface area contributed by atoms with E-state index in [1.807, 2.05) is 18.2 Å². The van der Waals surface area contributed by atoms with Crippen molar-refractivity contribution in [2.24, 2.45) is 11.8 Å². The molecule has 3 amide bonds. The number of ether oxygens (including phenoxy) is 1. The smallest absolute Gasteiger partial charge is 0.261 e. The monoisotopic (exact) mass is 733 g/mol. The summed E-state index contributed by atoms with van der Waals surface area (Å²) in [6, 6.07) is 11.1. The average Bonchev–Trinajstić information content (AvgIpc) is 3.76. The van der Waals surface area contributed by atoms with Crippen molar-refractivity contribution in [3.63, 3.8) is 0 Å². The topological polar surface area (TPSA) is 139 Å². The number of benzene rings is 2. The van der Waals surface area contributed by atoms with Gasteiger partial charge in [0.25, 0.3) is 5.91 Å². The summed E-state index contributed by atoms with van der Waals surface area (Å²) in [5, 5.41) is 15.6. The van der Waals surface area contributed by atoms with Gasteiger partial charge in [-0.05, 0) is 81.0 Å². The van der Waals surface area contributed by atoms with Crippen molar-refractivity contribution in [3.05, 3.63) is 78.1 Å². The lowest BCUT2D eigenvalue weighted by Gasteiger charge is -2.38. The van der Waals surface area contributed by atoms with Crippen LogP contribution in [-0.2, 0) is 9.59 Å². The minimum atomic E-state index is -0.622. The summed E-state index contributed by atoms with van der Waals surface area (Å²) in [5.74, 6) is -0.260. The fourth-order valence-electron chi connectivity index (χ4n) is 8.24. The maximum atomic E-state index is 15.2. The number of imide groups is 1. The number of halogens is 1. The summed E-state index contributed by atoms with van der Waals surface area (Å²) in [6.45, 7) is 5.39. The van der Waals surface area contributed by atoms with E-state index < -0.39 is 11.8 Å². The third-order valence-corrected chi connectivity index (χ3v) is 11.6. The first-order valence-electron chi connectivity index (χ1n) is 19.2. The number of piperidine rings is 3. The van der Waals surface area contributed by atoms with Crippen molar-refractivity contribution in [2.45, 2.75) is 63.3 Å². The van der Waals surface area contributed by atoms with Crippen molar-refractivity contribution >= 4 is 45.6 Å². The molecule has 13 nitrogen and oxygen atoms in total. The molecule has 54 heavy (non-hydrogen) atoms. The van der Waals surface area contributed by atoms with Gasteiger partial charge in [-0.15, -0.1) is 0 Å². The second-order valence-electron chi connectivity index (χ2n) is 15.3. The fourth-order valence-corrected chi connectivity index (χ4v) is 8.24. The van der Waals surface area contributed by atoms with Gasteiger partial charge >= 0.3 is 0 Å². The van der Waals surface area contributed by atoms with Crippen LogP contribution in [0.1, 0.15) is 79.2 Å². The van der Waals surface area contributed by atoms with Crippen LogP contribution in [0.2, 0.25) is 0 Å². The van der Waals surface area contributed by atoms with Gasteiger partial charge in [0.05, 0.1) is 36.0 Å². The first-order valence-corrected chi connectivity index (χ1v) is 19.2. The molecule has 9 rings (SSSR count). The van der Waals surface area contributed by atoms with Crippen LogP contribution in [0.4, 0.5) is 15.8 Å². The zero-order valence-corrected chi connectivity index (χ0v) is 30.1. The van der Waals surface area contributed by atoms with Gasteiger partial charge in [0.1, 0.15) is 17.1 Å². The Bertz CT molecular complexity index is 2220. The van der Waals surface area contributed by atoms with Crippen molar-refractivity contribution in [2.75, 3.05) is 49.5 Å². The quantitative estimate of drug-likeness (QED) is 0.182. The van der Waals surface area contributed by atoms with Gasteiger partial charge in [0.15, 0.2) is 5.65 Å². The molecule has 5 aromatic rings. The Kier molecular flexibility index (Phi) is 9.21. The highest BCUT2D eigenvalue weighted by molar-refractivity contribution is 6.09. The Morgan fingerprint density at radius 2 is 1.81 bits per heavy atom. The third kappa shape index (κ3) is 7.14. The number of anilines is 2. The number of amides is 3. The Balaban J connectivity index is 0.801. The lowest BCUT2D eigenvalue weighted by Crippen LogP contribution is -2.42. The lowest BCUT2D eigenvalue weighted by molar-refractivity contribution is -0.134. The summed E-state index contributed by atoms with van der Waals surface area (Å²) in [7, 11) is 0. The molecule has 4 fully saturated rings. The van der Waals surface area contributed by atoms with E-state index in [2.05, 4.69) is 41.4 Å². The maximum Gasteiger partial charge on any atom is 0.261 e. The molecule has 1 unspecified atom stereocenters. The van der Waals surface area contributed by atoms with Crippen LogP contribution in [0.5, 0.6) is 5.75 Å². The standard InChI is InChI=1S/C40H44FN9O4/c41-33-19-29(4-5-30(33)31-6-7-37(51)45-39(31)52)48-16-8-25(9-17-48)22-47-14-10-28(11-15-47)50-23-27-18-35(36(20-34(27)46-50)54-24-26-2-3-26)44-40(53)32-21-43-49-13-1-12-42-38(32)49/h1,4-5,12-13,18-21,23,25-26,28,31H,2-3,6-11,14-17,22,24H2,(H,44,53)(H,45,51,52). The molecular formula is C40H44FN9O4. The van der Waals surface area contributed by atoms with Crippen molar-refractivity contribution in [1.82, 2.24) is 34.6 Å². The number of hydrogen-bond acceptors (Lipinski definition) is 9. The predicted molar refractivity (Wildman–Crippen MR) is 200 cm³/mol. The Labute approximate surface area is 311 Å². The van der Waals surface area contributed by atoms with E-state index in [0.29, 0.717) is 53.1 Å². The number of hydrogen-bond donors (Lipinski definition) is 2. The minimum absolute atomic E-state index is 0.230. The number of carbonyl (C=O) groups is 3. The van der Waals surface area contributed by atoms with Crippen LogP contribution >= 0.6 is 0 Å². The summed E-state index contributed by atoms with van der Waals surface area (Å²) in [6.07, 6.45) is 14.0. The van der Waals surface area contributed by atoms with Crippen molar-refractivity contribution in [1.29, 1.82) is 0 Å². The summed E-state index contributed by atoms with van der Waals surface area (Å²) < 4.78 is 25.1. The summed E-state index contributed by atoms with van der Waals surface area (Å²) in [4.78, 5) is 46.4. The average molecular weight is 734 g/mol. The highest BCUT2D eigenvalue weighted by Gasteiger charge is 2.31. The second-order valence-corrected chi connectivity index (χ2v) is 15.3. The van der Waals surface area contributed by atoms with Gasteiger partial charge in [0, 0.05) is 80.4 Å². The van der Waals surface area contributed by atoms with E-state index in [4.69, 9.17) is 9.84 Å². The molecule has 4 aliphatic rings. The first-order chi connectivity index (χ1) is 26.3. The molecule has 1 saturated carbocycles. The Morgan fingerprint density at radius 3 is 2.59 bits per heavy atom. The van der Waals surface area contributed by atoms with E-state index in [1.165, 1.54) is 6.20 Å². The number of aromatic nitrogens is 5. The van der Waals surface area contributed by atoms with Crippen LogP contribution in [0.25, 0.3) is 16.6 Å². The van der Waals surface area contributed by atoms with Gasteiger partial charge in [-0.1, -0.05) is 6.07 Å². The molecule has 3 aliphatic heterocycles. The molecule has 3 saturated heterocycles. The van der Waals surface area contributed by atoms with Gasteiger partial charge in [-0.3, -0.25) is 24.4 Å². The maximum absolute atomic E-state index is 15.2. The van der Waals surface area contributed by atoms with E-state index in [-0.39, 0.29) is 30.1 Å². The van der Waals surface area contributed by atoms with E-state index in [9.17, 15) is 14.4 Å². The molecule has 0 spiro atoms. The lowest BCUT2D eigenvalue weighted by atomic mass is 9.89. The number of carbonyl (C=O) groups excluding carboxylic acids is 3. The SMILES string of the molecule is O=C1CCC(c2ccc(N3CCC(CN4CCC(n5cc6cc(NC(=O)c7cnn8cccnc78)c(OCC7CC7)cc6n5)CC4)CC3)cc2F)C(=O)N1. The molecule has 3 aromatic heterocycles. The molecule has 6 heterocycles. The van der Waals surface area contributed by atoms with Gasteiger partial charge < -0.3 is 19.9 Å². The van der Waals surface area contributed by atoms with Gasteiger partial charge in [-0.2, -0.15) is 10.2 Å². The Hall–Kier alpha value is -5.37. The second kappa shape index (κ2) is 14.5.